The van der Waals surface area contributed by atoms with E-state index in [1.165, 1.54) is 71.7 Å². The number of hydrogen-bond acceptors (Lipinski definition) is 2. The van der Waals surface area contributed by atoms with E-state index in [0.717, 1.165) is 50.2 Å². The lowest BCUT2D eigenvalue weighted by atomic mass is 9.67. The lowest BCUT2D eigenvalue weighted by molar-refractivity contribution is 0.768. The second kappa shape index (κ2) is 16.4. The van der Waals surface area contributed by atoms with Crippen LogP contribution >= 0.6 is 0 Å². The van der Waals surface area contributed by atoms with Gasteiger partial charge in [-0.3, -0.25) is 4.98 Å². The van der Waals surface area contributed by atoms with Crippen molar-refractivity contribution in [1.29, 1.82) is 0 Å². The summed E-state index contributed by atoms with van der Waals surface area (Å²) in [5.74, 6) is 0. The van der Waals surface area contributed by atoms with E-state index in [1.54, 1.807) is 0 Å². The largest absolute Gasteiger partial charge is 0.309 e. The zero-order valence-corrected chi connectivity index (χ0v) is 38.8. The first-order valence-corrected chi connectivity index (χ1v) is 24.4. The molecule has 13 aromatic rings. The van der Waals surface area contributed by atoms with E-state index in [4.69, 9.17) is 4.98 Å². The summed E-state index contributed by atoms with van der Waals surface area (Å²) in [5, 5.41) is 5.95. The maximum atomic E-state index is 5.24. The van der Waals surface area contributed by atoms with Crippen molar-refractivity contribution < 1.29 is 0 Å². The smallest absolute Gasteiger partial charge is 0.0781 e. The van der Waals surface area contributed by atoms with Gasteiger partial charge in [0.05, 0.1) is 33.8 Å². The highest BCUT2D eigenvalue weighted by atomic mass is 15.1. The summed E-state index contributed by atoms with van der Waals surface area (Å²) in [4.78, 5) is 7.62. The van der Waals surface area contributed by atoms with Gasteiger partial charge in [0.25, 0.3) is 0 Å². The number of rotatable bonds is 8. The van der Waals surface area contributed by atoms with Gasteiger partial charge >= 0.3 is 0 Å². The van der Waals surface area contributed by atoms with Crippen molar-refractivity contribution in [3.05, 3.63) is 295 Å². The quantitative estimate of drug-likeness (QED) is 0.142. The number of anilines is 3. The van der Waals surface area contributed by atoms with Crippen LogP contribution in [0.3, 0.4) is 0 Å². The molecule has 3 nitrogen and oxygen atoms in total. The molecular formula is C68H45N3. The van der Waals surface area contributed by atoms with E-state index in [9.17, 15) is 0 Å². The van der Waals surface area contributed by atoms with Gasteiger partial charge in [0.2, 0.25) is 0 Å². The normalized spacial score (nSPS) is 12.6. The Morgan fingerprint density at radius 1 is 0.338 bits per heavy atom. The Morgan fingerprint density at radius 3 is 1.49 bits per heavy atom. The molecule has 2 aromatic heterocycles. The van der Waals surface area contributed by atoms with Crippen LogP contribution < -0.4 is 4.90 Å². The zero-order valence-electron chi connectivity index (χ0n) is 38.8. The van der Waals surface area contributed by atoms with Crippen molar-refractivity contribution in [3.63, 3.8) is 0 Å². The van der Waals surface area contributed by atoms with Crippen LogP contribution in [0.25, 0.3) is 82.5 Å². The minimum absolute atomic E-state index is 0.602. The average molecular weight is 904 g/mol. The number of para-hydroxylation sites is 2. The van der Waals surface area contributed by atoms with Crippen LogP contribution in [0.15, 0.2) is 273 Å². The lowest BCUT2D eigenvalue weighted by Crippen LogP contribution is -2.28. The molecule has 0 radical (unpaired) electrons. The van der Waals surface area contributed by atoms with Gasteiger partial charge in [-0.1, -0.05) is 206 Å². The molecule has 0 aliphatic heterocycles. The molecule has 2 heterocycles. The van der Waals surface area contributed by atoms with Crippen LogP contribution in [-0.2, 0) is 5.41 Å². The Morgan fingerprint density at radius 2 is 0.831 bits per heavy atom. The van der Waals surface area contributed by atoms with E-state index >= 15 is 0 Å². The van der Waals surface area contributed by atoms with Crippen molar-refractivity contribution in [1.82, 2.24) is 9.55 Å². The first-order valence-electron chi connectivity index (χ1n) is 24.4. The summed E-state index contributed by atoms with van der Waals surface area (Å²) in [7, 11) is 0. The van der Waals surface area contributed by atoms with Gasteiger partial charge in [0.1, 0.15) is 0 Å². The summed E-state index contributed by atoms with van der Waals surface area (Å²) < 4.78 is 2.37. The summed E-state index contributed by atoms with van der Waals surface area (Å²) in [6, 6.07) is 97.7. The predicted molar refractivity (Wildman–Crippen MR) is 296 cm³/mol. The Kier molecular flexibility index (Phi) is 9.43. The van der Waals surface area contributed by atoms with Gasteiger partial charge in [-0.2, -0.15) is 0 Å². The van der Waals surface area contributed by atoms with Crippen molar-refractivity contribution in [2.45, 2.75) is 5.41 Å². The molecule has 0 saturated carbocycles. The third-order valence-electron chi connectivity index (χ3n) is 14.9. The Hall–Kier alpha value is -9.31. The highest BCUT2D eigenvalue weighted by molar-refractivity contribution is 6.09. The van der Waals surface area contributed by atoms with Crippen LogP contribution in [0.1, 0.15) is 22.3 Å². The highest BCUT2D eigenvalue weighted by Crippen LogP contribution is 2.58. The third kappa shape index (κ3) is 6.47. The van der Waals surface area contributed by atoms with E-state index in [2.05, 4.69) is 276 Å². The van der Waals surface area contributed by atoms with Crippen LogP contribution in [0.4, 0.5) is 17.1 Å². The Labute approximate surface area is 412 Å². The zero-order chi connectivity index (χ0) is 46.9. The second-order valence-corrected chi connectivity index (χ2v) is 18.7. The summed E-state index contributed by atoms with van der Waals surface area (Å²) in [5.41, 5.74) is 19.2. The molecule has 3 heteroatoms. The summed E-state index contributed by atoms with van der Waals surface area (Å²) in [6.07, 6.45) is 2.05. The monoisotopic (exact) mass is 903 g/mol. The molecule has 0 N–H and O–H groups in total. The van der Waals surface area contributed by atoms with Gasteiger partial charge in [0.15, 0.2) is 0 Å². The molecular weight excluding hydrogens is 859 g/mol. The van der Waals surface area contributed by atoms with Gasteiger partial charge in [0, 0.05) is 38.6 Å². The summed E-state index contributed by atoms with van der Waals surface area (Å²) in [6.45, 7) is 0. The molecule has 0 amide bonds. The van der Waals surface area contributed by atoms with Crippen LogP contribution in [0, 0.1) is 0 Å². The van der Waals surface area contributed by atoms with Crippen molar-refractivity contribution in [3.8, 4) is 39.1 Å². The molecule has 0 unspecified atom stereocenters. The fourth-order valence-corrected chi connectivity index (χ4v) is 11.7. The molecule has 11 aromatic carbocycles. The minimum Gasteiger partial charge on any atom is -0.309 e. The maximum Gasteiger partial charge on any atom is 0.0781 e. The van der Waals surface area contributed by atoms with Gasteiger partial charge < -0.3 is 9.47 Å². The molecule has 0 atom stereocenters. The van der Waals surface area contributed by atoms with Crippen LogP contribution in [-0.4, -0.2) is 9.55 Å². The van der Waals surface area contributed by atoms with E-state index in [1.807, 2.05) is 6.20 Å². The van der Waals surface area contributed by atoms with Gasteiger partial charge in [-0.05, 0) is 122 Å². The minimum atomic E-state index is -0.602. The maximum absolute atomic E-state index is 5.24. The first kappa shape index (κ1) is 40.7. The fraction of sp³-hybridized carbons (Fsp3) is 0.0147. The van der Waals surface area contributed by atoms with Gasteiger partial charge in [-0.25, -0.2) is 0 Å². The molecule has 332 valence electrons. The molecule has 0 saturated heterocycles. The number of aromatic nitrogens is 2. The topological polar surface area (TPSA) is 21.1 Å². The van der Waals surface area contributed by atoms with Crippen LogP contribution in [0.2, 0.25) is 0 Å². The molecule has 0 fully saturated rings. The fourth-order valence-electron chi connectivity index (χ4n) is 11.7. The van der Waals surface area contributed by atoms with Crippen molar-refractivity contribution in [2.24, 2.45) is 0 Å². The predicted octanol–water partition coefficient (Wildman–Crippen LogP) is 17.7. The van der Waals surface area contributed by atoms with Gasteiger partial charge in [-0.15, -0.1) is 0 Å². The molecule has 0 bridgehead atoms. The first-order chi connectivity index (χ1) is 35.2. The molecule has 14 rings (SSSR count). The number of benzene rings is 11. The molecule has 1 aliphatic carbocycles. The van der Waals surface area contributed by atoms with Crippen molar-refractivity contribution >= 4 is 60.5 Å². The lowest BCUT2D eigenvalue weighted by Gasteiger charge is -2.35. The molecule has 0 spiro atoms. The average Bonchev–Trinajstić information content (AvgIpc) is 3.94. The van der Waals surface area contributed by atoms with E-state index in [0.29, 0.717) is 0 Å². The second-order valence-electron chi connectivity index (χ2n) is 18.7. The Bertz CT molecular complexity index is 4050. The number of fused-ring (bicyclic) bond motifs is 9. The number of nitrogens with zero attached hydrogens (tertiary/aromatic N) is 3. The van der Waals surface area contributed by atoms with Crippen LogP contribution in [0.5, 0.6) is 0 Å². The van der Waals surface area contributed by atoms with E-state index in [-0.39, 0.29) is 0 Å². The Balaban J connectivity index is 0.932. The standard InChI is InChI=1S/C68H45N3/c1-4-16-46(17-5-1)50-34-40-59-60-41-39-56(44-64(60)68(63(59)43-50,52-19-6-2-7-20-52)53-21-8-3-9-22-53)70(57-42-51-29-28-49-18-10-11-23-58(49)67(51)69-45-57)54-35-30-47(31-36-54)48-32-37-55(38-33-48)71-65-26-14-12-24-61(65)62-25-13-15-27-66(62)71/h1-45H. The third-order valence-corrected chi connectivity index (χ3v) is 14.9. The summed E-state index contributed by atoms with van der Waals surface area (Å²) >= 11 is 0. The number of pyridine rings is 1. The SMILES string of the molecule is c1ccc(-c2ccc3c(c2)C(c2ccccc2)(c2ccccc2)c2cc(N(c4ccc(-c5ccc(-n6c7ccccc7c7ccccc76)cc5)cc4)c4cnc5c(ccc6ccccc65)c4)ccc2-3)cc1. The molecule has 71 heavy (non-hydrogen) atoms. The van der Waals surface area contributed by atoms with E-state index < -0.39 is 5.41 Å². The number of hydrogen-bond donors (Lipinski definition) is 0. The molecule has 1 aliphatic rings. The van der Waals surface area contributed by atoms with Crippen molar-refractivity contribution in [2.75, 3.05) is 4.90 Å². The highest BCUT2D eigenvalue weighted by Gasteiger charge is 2.46.